The lowest BCUT2D eigenvalue weighted by Gasteiger charge is -2.43. The first-order valence-corrected chi connectivity index (χ1v) is 7.89. The monoisotopic (exact) mass is 291 g/mol. The molecular formula is C18H29NO2. The van der Waals surface area contributed by atoms with Crippen LogP contribution in [0.4, 0.5) is 0 Å². The molecule has 3 heteroatoms. The molecule has 0 bridgehead atoms. The first-order chi connectivity index (χ1) is 9.93. The van der Waals surface area contributed by atoms with Crippen LogP contribution in [0.2, 0.25) is 0 Å². The molecule has 3 atom stereocenters. The minimum atomic E-state index is -0.233. The van der Waals surface area contributed by atoms with Gasteiger partial charge >= 0.3 is 0 Å². The summed E-state index contributed by atoms with van der Waals surface area (Å²) in [5.74, 6) is 1.59. The Balaban J connectivity index is 2.38. The SMILES string of the molecule is COc1cc(C)c(C(N)C2(OC)CCCC(C)C2)cc1C. The fourth-order valence-electron chi connectivity index (χ4n) is 3.79. The minimum Gasteiger partial charge on any atom is -0.496 e. The van der Waals surface area contributed by atoms with E-state index in [9.17, 15) is 0 Å². The molecule has 0 aliphatic heterocycles. The van der Waals surface area contributed by atoms with E-state index < -0.39 is 0 Å². The van der Waals surface area contributed by atoms with Crippen molar-refractivity contribution in [1.82, 2.24) is 0 Å². The van der Waals surface area contributed by atoms with Crippen LogP contribution in [-0.2, 0) is 4.74 Å². The number of ether oxygens (including phenoxy) is 2. The van der Waals surface area contributed by atoms with E-state index in [1.54, 1.807) is 7.11 Å². The Morgan fingerprint density at radius 3 is 2.52 bits per heavy atom. The highest BCUT2D eigenvalue weighted by atomic mass is 16.5. The second kappa shape index (κ2) is 6.37. The third kappa shape index (κ3) is 3.09. The molecule has 21 heavy (non-hydrogen) atoms. The number of hydrogen-bond acceptors (Lipinski definition) is 3. The summed E-state index contributed by atoms with van der Waals surface area (Å²) in [6, 6.07) is 4.16. The summed E-state index contributed by atoms with van der Waals surface area (Å²) in [6.45, 7) is 6.47. The first kappa shape index (κ1) is 16.3. The van der Waals surface area contributed by atoms with Crippen LogP contribution in [0.1, 0.15) is 55.3 Å². The predicted molar refractivity (Wildman–Crippen MR) is 86.8 cm³/mol. The first-order valence-electron chi connectivity index (χ1n) is 7.89. The van der Waals surface area contributed by atoms with Crippen LogP contribution in [0, 0.1) is 19.8 Å². The van der Waals surface area contributed by atoms with E-state index in [1.165, 1.54) is 24.0 Å². The van der Waals surface area contributed by atoms with Gasteiger partial charge in [-0.1, -0.05) is 25.8 Å². The molecule has 118 valence electrons. The van der Waals surface area contributed by atoms with Crippen LogP contribution in [-0.4, -0.2) is 19.8 Å². The quantitative estimate of drug-likeness (QED) is 0.914. The predicted octanol–water partition coefficient (Wildman–Crippen LogP) is 3.91. The molecule has 3 nitrogen and oxygen atoms in total. The van der Waals surface area contributed by atoms with Crippen molar-refractivity contribution >= 4 is 0 Å². The highest BCUT2D eigenvalue weighted by molar-refractivity contribution is 5.43. The molecule has 0 saturated heterocycles. The smallest absolute Gasteiger partial charge is 0.122 e. The van der Waals surface area contributed by atoms with Crippen LogP contribution in [0.15, 0.2) is 12.1 Å². The maximum Gasteiger partial charge on any atom is 0.122 e. The molecule has 0 heterocycles. The molecule has 1 aromatic rings. The molecule has 1 saturated carbocycles. The molecule has 1 fully saturated rings. The van der Waals surface area contributed by atoms with Gasteiger partial charge in [-0.15, -0.1) is 0 Å². The number of aryl methyl sites for hydroxylation is 2. The fraction of sp³-hybridized carbons (Fsp3) is 0.667. The summed E-state index contributed by atoms with van der Waals surface area (Å²) in [4.78, 5) is 0. The molecule has 2 rings (SSSR count). The Morgan fingerprint density at radius 2 is 1.95 bits per heavy atom. The summed E-state index contributed by atoms with van der Waals surface area (Å²) in [7, 11) is 3.52. The van der Waals surface area contributed by atoms with Crippen LogP contribution in [0.3, 0.4) is 0 Å². The van der Waals surface area contributed by atoms with E-state index in [1.807, 2.05) is 7.11 Å². The van der Waals surface area contributed by atoms with Crippen molar-refractivity contribution in [3.63, 3.8) is 0 Å². The lowest BCUT2D eigenvalue weighted by Crippen LogP contribution is -2.46. The van der Waals surface area contributed by atoms with E-state index in [0.29, 0.717) is 5.92 Å². The van der Waals surface area contributed by atoms with Gasteiger partial charge in [0.15, 0.2) is 0 Å². The molecule has 0 radical (unpaired) electrons. The summed E-state index contributed by atoms with van der Waals surface area (Å²) >= 11 is 0. The van der Waals surface area contributed by atoms with Gasteiger partial charge in [0.25, 0.3) is 0 Å². The van der Waals surface area contributed by atoms with Gasteiger partial charge in [0, 0.05) is 7.11 Å². The normalized spacial score (nSPS) is 27.4. The third-order valence-electron chi connectivity index (χ3n) is 5.08. The van der Waals surface area contributed by atoms with E-state index in [2.05, 4.69) is 32.9 Å². The van der Waals surface area contributed by atoms with Gasteiger partial charge < -0.3 is 15.2 Å². The Hall–Kier alpha value is -1.06. The maximum atomic E-state index is 6.67. The minimum absolute atomic E-state index is 0.0881. The van der Waals surface area contributed by atoms with Crippen LogP contribution < -0.4 is 10.5 Å². The van der Waals surface area contributed by atoms with Crippen molar-refractivity contribution in [2.75, 3.05) is 14.2 Å². The standard InChI is InChI=1S/C18H29NO2/c1-12-7-6-8-18(11-12,21-5)17(19)15-9-14(3)16(20-4)10-13(15)2/h9-10,12,17H,6-8,11,19H2,1-5H3. The zero-order chi connectivity index (χ0) is 15.6. The summed E-state index contributed by atoms with van der Waals surface area (Å²) in [6.07, 6.45) is 4.55. The van der Waals surface area contributed by atoms with Crippen molar-refractivity contribution in [2.24, 2.45) is 11.7 Å². The molecule has 2 N–H and O–H groups in total. The molecule has 1 aliphatic rings. The van der Waals surface area contributed by atoms with Crippen molar-refractivity contribution < 1.29 is 9.47 Å². The van der Waals surface area contributed by atoms with Crippen LogP contribution in [0.25, 0.3) is 0 Å². The van der Waals surface area contributed by atoms with Crippen molar-refractivity contribution in [3.8, 4) is 5.75 Å². The number of nitrogens with two attached hydrogens (primary N) is 1. The fourth-order valence-corrected chi connectivity index (χ4v) is 3.79. The molecule has 0 spiro atoms. The lowest BCUT2D eigenvalue weighted by molar-refractivity contribution is -0.0719. The average Bonchev–Trinajstić information content (AvgIpc) is 2.48. The van der Waals surface area contributed by atoms with E-state index in [0.717, 1.165) is 24.2 Å². The average molecular weight is 291 g/mol. The van der Waals surface area contributed by atoms with Gasteiger partial charge in [0.05, 0.1) is 18.8 Å². The summed E-state index contributed by atoms with van der Waals surface area (Å²) in [5.41, 5.74) is 9.93. The Bertz CT molecular complexity index is 500. The number of methoxy groups -OCH3 is 2. The van der Waals surface area contributed by atoms with Gasteiger partial charge in [-0.2, -0.15) is 0 Å². The van der Waals surface area contributed by atoms with Gasteiger partial charge in [0.2, 0.25) is 0 Å². The van der Waals surface area contributed by atoms with Crippen LogP contribution >= 0.6 is 0 Å². The van der Waals surface area contributed by atoms with E-state index in [-0.39, 0.29) is 11.6 Å². The summed E-state index contributed by atoms with van der Waals surface area (Å²) in [5, 5.41) is 0. The molecule has 0 amide bonds. The largest absolute Gasteiger partial charge is 0.496 e. The van der Waals surface area contributed by atoms with Gasteiger partial charge in [-0.3, -0.25) is 0 Å². The van der Waals surface area contributed by atoms with Crippen molar-refractivity contribution in [3.05, 3.63) is 28.8 Å². The highest BCUT2D eigenvalue weighted by Crippen LogP contribution is 2.43. The Kier molecular flexibility index (Phi) is 4.95. The lowest BCUT2D eigenvalue weighted by atomic mass is 9.72. The highest BCUT2D eigenvalue weighted by Gasteiger charge is 2.41. The van der Waals surface area contributed by atoms with E-state index >= 15 is 0 Å². The molecule has 3 unspecified atom stereocenters. The molecular weight excluding hydrogens is 262 g/mol. The zero-order valence-corrected chi connectivity index (χ0v) is 14.0. The number of rotatable bonds is 4. The van der Waals surface area contributed by atoms with Gasteiger partial charge in [-0.05, 0) is 55.4 Å². The maximum absolute atomic E-state index is 6.67. The summed E-state index contributed by atoms with van der Waals surface area (Å²) < 4.78 is 11.4. The van der Waals surface area contributed by atoms with Crippen molar-refractivity contribution in [2.45, 2.75) is 58.1 Å². The third-order valence-corrected chi connectivity index (χ3v) is 5.08. The second-order valence-electron chi connectivity index (χ2n) is 6.63. The van der Waals surface area contributed by atoms with Crippen LogP contribution in [0.5, 0.6) is 5.75 Å². The topological polar surface area (TPSA) is 44.5 Å². The molecule has 1 aromatic carbocycles. The molecule has 1 aliphatic carbocycles. The van der Waals surface area contributed by atoms with Gasteiger partial charge in [-0.25, -0.2) is 0 Å². The number of benzene rings is 1. The number of hydrogen-bond donors (Lipinski definition) is 1. The second-order valence-corrected chi connectivity index (χ2v) is 6.63. The molecule has 0 aromatic heterocycles. The van der Waals surface area contributed by atoms with E-state index in [4.69, 9.17) is 15.2 Å². The van der Waals surface area contributed by atoms with Gasteiger partial charge in [0.1, 0.15) is 5.75 Å². The van der Waals surface area contributed by atoms with Crippen molar-refractivity contribution in [1.29, 1.82) is 0 Å². The Labute approximate surface area is 128 Å². The zero-order valence-electron chi connectivity index (χ0n) is 14.0. The Morgan fingerprint density at radius 1 is 1.24 bits per heavy atom.